The molecule has 5 nitrogen and oxygen atoms in total. The van der Waals surface area contributed by atoms with Gasteiger partial charge < -0.3 is 15.5 Å². The van der Waals surface area contributed by atoms with E-state index in [0.29, 0.717) is 6.42 Å². The average molecular weight is 267 g/mol. The van der Waals surface area contributed by atoms with Crippen molar-refractivity contribution in [2.45, 2.75) is 57.5 Å². The monoisotopic (exact) mass is 267 g/mol. The van der Waals surface area contributed by atoms with Crippen LogP contribution >= 0.6 is 0 Å². The van der Waals surface area contributed by atoms with Crippen molar-refractivity contribution in [2.75, 3.05) is 19.6 Å². The van der Waals surface area contributed by atoms with Crippen LogP contribution in [0.25, 0.3) is 0 Å². The third-order valence-electron chi connectivity index (χ3n) is 4.01. The minimum Gasteiger partial charge on any atom is -0.353 e. The first kappa shape index (κ1) is 14.3. The van der Waals surface area contributed by atoms with Gasteiger partial charge in [0, 0.05) is 25.6 Å². The summed E-state index contributed by atoms with van der Waals surface area (Å²) in [6, 6.07) is 0.283. The minimum atomic E-state index is 0.0335. The summed E-state index contributed by atoms with van der Waals surface area (Å²) < 4.78 is 0. The Balaban J connectivity index is 1.72. The number of likely N-dealkylation sites (tertiary alicyclic amines) is 1. The molecule has 0 saturated carbocycles. The number of amides is 2. The molecule has 0 aromatic carbocycles. The fourth-order valence-electron chi connectivity index (χ4n) is 2.89. The highest BCUT2D eigenvalue weighted by Gasteiger charge is 2.29. The van der Waals surface area contributed by atoms with Crippen molar-refractivity contribution in [3.8, 4) is 0 Å². The van der Waals surface area contributed by atoms with Crippen LogP contribution in [-0.4, -0.2) is 48.4 Å². The smallest absolute Gasteiger partial charge is 0.239 e. The number of rotatable bonds is 4. The number of hydrogen-bond acceptors (Lipinski definition) is 3. The van der Waals surface area contributed by atoms with E-state index < -0.39 is 0 Å². The van der Waals surface area contributed by atoms with Crippen molar-refractivity contribution >= 4 is 11.8 Å². The van der Waals surface area contributed by atoms with Gasteiger partial charge in [-0.15, -0.1) is 0 Å². The summed E-state index contributed by atoms with van der Waals surface area (Å²) in [5.41, 5.74) is 0. The molecular formula is C14H25N3O2. The van der Waals surface area contributed by atoms with Crippen LogP contribution in [0.5, 0.6) is 0 Å². The normalized spacial score (nSPS) is 24.5. The predicted molar refractivity (Wildman–Crippen MR) is 73.7 cm³/mol. The summed E-state index contributed by atoms with van der Waals surface area (Å²) in [5.74, 6) is 0.389. The van der Waals surface area contributed by atoms with E-state index >= 15 is 0 Å². The van der Waals surface area contributed by atoms with Crippen molar-refractivity contribution < 1.29 is 9.59 Å². The van der Waals surface area contributed by atoms with Crippen LogP contribution in [0.4, 0.5) is 0 Å². The Morgan fingerprint density at radius 2 is 2.00 bits per heavy atom. The van der Waals surface area contributed by atoms with Gasteiger partial charge in [-0.1, -0.05) is 6.92 Å². The second-order valence-corrected chi connectivity index (χ2v) is 5.57. The van der Waals surface area contributed by atoms with Gasteiger partial charge in [-0.3, -0.25) is 9.59 Å². The maximum Gasteiger partial charge on any atom is 0.239 e. The molecule has 2 aliphatic heterocycles. The van der Waals surface area contributed by atoms with Crippen LogP contribution in [0.1, 0.15) is 45.4 Å². The second-order valence-electron chi connectivity index (χ2n) is 5.57. The zero-order valence-corrected chi connectivity index (χ0v) is 11.8. The van der Waals surface area contributed by atoms with E-state index in [0.717, 1.165) is 51.7 Å². The number of nitrogens with zero attached hydrogens (tertiary/aromatic N) is 1. The van der Waals surface area contributed by atoms with Crippen molar-refractivity contribution in [3.05, 3.63) is 0 Å². The van der Waals surface area contributed by atoms with Gasteiger partial charge in [-0.2, -0.15) is 0 Å². The quantitative estimate of drug-likeness (QED) is 0.786. The number of nitrogens with one attached hydrogen (secondary N) is 2. The van der Waals surface area contributed by atoms with Crippen LogP contribution in [-0.2, 0) is 9.59 Å². The van der Waals surface area contributed by atoms with Gasteiger partial charge in [0.1, 0.15) is 0 Å². The van der Waals surface area contributed by atoms with Gasteiger partial charge in [0.15, 0.2) is 0 Å². The lowest BCUT2D eigenvalue weighted by atomic mass is 10.0. The van der Waals surface area contributed by atoms with Gasteiger partial charge in [0.05, 0.1) is 6.04 Å². The van der Waals surface area contributed by atoms with E-state index in [-0.39, 0.29) is 23.9 Å². The highest BCUT2D eigenvalue weighted by Crippen LogP contribution is 2.15. The van der Waals surface area contributed by atoms with Gasteiger partial charge in [0.25, 0.3) is 0 Å². The van der Waals surface area contributed by atoms with E-state index in [1.165, 1.54) is 0 Å². The molecule has 1 atom stereocenters. The molecule has 2 amide bonds. The summed E-state index contributed by atoms with van der Waals surface area (Å²) in [6.45, 7) is 4.51. The molecule has 0 aromatic rings. The van der Waals surface area contributed by atoms with Gasteiger partial charge in [0.2, 0.25) is 11.8 Å². The molecule has 2 aliphatic rings. The largest absolute Gasteiger partial charge is 0.353 e. The Kier molecular flexibility index (Phi) is 5.19. The molecule has 0 radical (unpaired) electrons. The van der Waals surface area contributed by atoms with Gasteiger partial charge in [-0.05, 0) is 38.6 Å². The third kappa shape index (κ3) is 3.93. The molecule has 2 heterocycles. The molecule has 0 spiro atoms. The van der Waals surface area contributed by atoms with Crippen LogP contribution in [0.15, 0.2) is 0 Å². The lowest BCUT2D eigenvalue weighted by Crippen LogP contribution is -2.50. The van der Waals surface area contributed by atoms with Crippen LogP contribution in [0.3, 0.4) is 0 Å². The molecular weight excluding hydrogens is 242 g/mol. The van der Waals surface area contributed by atoms with E-state index in [2.05, 4.69) is 10.6 Å². The van der Waals surface area contributed by atoms with Crippen molar-refractivity contribution in [1.82, 2.24) is 15.5 Å². The topological polar surface area (TPSA) is 61.4 Å². The Bertz CT molecular complexity index is 319. The van der Waals surface area contributed by atoms with Crippen LogP contribution in [0.2, 0.25) is 0 Å². The van der Waals surface area contributed by atoms with Gasteiger partial charge >= 0.3 is 0 Å². The Labute approximate surface area is 115 Å². The summed E-state index contributed by atoms with van der Waals surface area (Å²) in [5, 5.41) is 6.31. The Morgan fingerprint density at radius 1 is 1.26 bits per heavy atom. The molecule has 108 valence electrons. The zero-order valence-electron chi connectivity index (χ0n) is 11.8. The second kappa shape index (κ2) is 6.89. The zero-order chi connectivity index (χ0) is 13.7. The van der Waals surface area contributed by atoms with Crippen molar-refractivity contribution in [1.29, 1.82) is 0 Å². The molecule has 0 aliphatic carbocycles. The maximum atomic E-state index is 12.2. The SMILES string of the molecule is CCCC(=O)NC1CCN(C(=O)[C@@H]2CCCN2)CC1. The highest BCUT2D eigenvalue weighted by atomic mass is 16.2. The molecule has 19 heavy (non-hydrogen) atoms. The predicted octanol–water partition coefficient (Wildman–Crippen LogP) is 0.646. The summed E-state index contributed by atoms with van der Waals surface area (Å²) in [4.78, 5) is 25.7. The number of carbonyl (C=O) groups is 2. The molecule has 0 unspecified atom stereocenters. The number of hydrogen-bond donors (Lipinski definition) is 2. The fourth-order valence-corrected chi connectivity index (χ4v) is 2.89. The summed E-state index contributed by atoms with van der Waals surface area (Å²) in [7, 11) is 0. The highest BCUT2D eigenvalue weighted by molar-refractivity contribution is 5.82. The van der Waals surface area contributed by atoms with Crippen LogP contribution in [0, 0.1) is 0 Å². The van der Waals surface area contributed by atoms with E-state index in [9.17, 15) is 9.59 Å². The molecule has 2 saturated heterocycles. The molecule has 2 N–H and O–H groups in total. The van der Waals surface area contributed by atoms with Crippen LogP contribution < -0.4 is 10.6 Å². The Hall–Kier alpha value is -1.10. The first-order chi connectivity index (χ1) is 9.20. The molecule has 2 fully saturated rings. The number of carbonyl (C=O) groups excluding carboxylic acids is 2. The van der Waals surface area contributed by atoms with Gasteiger partial charge in [-0.25, -0.2) is 0 Å². The average Bonchev–Trinajstić information content (AvgIpc) is 2.93. The molecule has 0 bridgehead atoms. The van der Waals surface area contributed by atoms with Crippen molar-refractivity contribution in [2.24, 2.45) is 0 Å². The lowest BCUT2D eigenvalue weighted by molar-refractivity contribution is -0.134. The number of piperidine rings is 1. The van der Waals surface area contributed by atoms with E-state index in [1.54, 1.807) is 0 Å². The standard InChI is InChI=1S/C14H25N3O2/c1-2-4-13(18)16-11-6-9-17(10-7-11)14(19)12-5-3-8-15-12/h11-12,15H,2-10H2,1H3,(H,16,18)/t12-/m0/s1. The maximum absolute atomic E-state index is 12.2. The van der Waals surface area contributed by atoms with E-state index in [1.807, 2.05) is 11.8 Å². The lowest BCUT2D eigenvalue weighted by Gasteiger charge is -2.33. The Morgan fingerprint density at radius 3 is 2.58 bits per heavy atom. The summed E-state index contributed by atoms with van der Waals surface area (Å²) in [6.07, 6.45) is 5.31. The van der Waals surface area contributed by atoms with E-state index in [4.69, 9.17) is 0 Å². The first-order valence-corrected chi connectivity index (χ1v) is 7.52. The minimum absolute atomic E-state index is 0.0335. The third-order valence-corrected chi connectivity index (χ3v) is 4.01. The fraction of sp³-hybridized carbons (Fsp3) is 0.857. The summed E-state index contributed by atoms with van der Waals surface area (Å²) >= 11 is 0. The van der Waals surface area contributed by atoms with Crippen molar-refractivity contribution in [3.63, 3.8) is 0 Å². The molecule has 0 aromatic heterocycles. The first-order valence-electron chi connectivity index (χ1n) is 7.52. The molecule has 2 rings (SSSR count). The molecule has 5 heteroatoms.